The lowest BCUT2D eigenvalue weighted by Gasteiger charge is -2.37. The number of ether oxygens (including phenoxy) is 4. The number of methoxy groups -OCH3 is 3. The normalized spacial score (nSPS) is 13.7. The van der Waals surface area contributed by atoms with Gasteiger partial charge in [-0.2, -0.15) is 0 Å². The average molecular weight is 367 g/mol. The molecule has 1 aromatic rings. The number of benzene rings is 1. The first-order valence-corrected chi connectivity index (χ1v) is 9.76. The quantitative estimate of drug-likeness (QED) is 0.341. The van der Waals surface area contributed by atoms with Crippen LogP contribution in [0.3, 0.4) is 0 Å². The van der Waals surface area contributed by atoms with Crippen molar-refractivity contribution in [3.05, 3.63) is 29.8 Å². The van der Waals surface area contributed by atoms with Crippen LogP contribution in [0.1, 0.15) is 77.7 Å². The summed E-state index contributed by atoms with van der Waals surface area (Å²) in [7, 11) is 4.90. The molecule has 0 saturated carbocycles. The largest absolute Gasteiger partial charge is 0.488 e. The fourth-order valence-electron chi connectivity index (χ4n) is 3.30. The van der Waals surface area contributed by atoms with Gasteiger partial charge in [-0.25, -0.2) is 0 Å². The zero-order valence-corrected chi connectivity index (χ0v) is 17.8. The molecular weight excluding hydrogens is 328 g/mol. The van der Waals surface area contributed by atoms with Gasteiger partial charge in [0.25, 0.3) is 5.97 Å². The van der Waals surface area contributed by atoms with Gasteiger partial charge in [0.15, 0.2) is 0 Å². The Labute approximate surface area is 160 Å². The van der Waals surface area contributed by atoms with Crippen LogP contribution in [0.5, 0.6) is 5.75 Å². The molecule has 0 bridgehead atoms. The van der Waals surface area contributed by atoms with E-state index in [-0.39, 0.29) is 11.5 Å². The minimum Gasteiger partial charge on any atom is -0.488 e. The van der Waals surface area contributed by atoms with Gasteiger partial charge in [-0.3, -0.25) is 0 Å². The van der Waals surface area contributed by atoms with Crippen LogP contribution in [0.4, 0.5) is 0 Å². The monoisotopic (exact) mass is 366 g/mol. The Morgan fingerprint density at radius 3 is 1.81 bits per heavy atom. The first-order chi connectivity index (χ1) is 12.3. The second-order valence-electron chi connectivity index (χ2n) is 7.75. The number of rotatable bonds is 12. The van der Waals surface area contributed by atoms with E-state index in [4.69, 9.17) is 18.9 Å². The Hall–Kier alpha value is -1.10. The smallest absolute Gasteiger partial charge is 0.289 e. The van der Waals surface area contributed by atoms with Crippen LogP contribution in [-0.2, 0) is 14.2 Å². The van der Waals surface area contributed by atoms with Crippen molar-refractivity contribution in [3.63, 3.8) is 0 Å². The van der Waals surface area contributed by atoms with Gasteiger partial charge in [-0.05, 0) is 44.9 Å². The maximum Gasteiger partial charge on any atom is 0.289 e. The van der Waals surface area contributed by atoms with Crippen LogP contribution in [-0.4, -0.2) is 32.9 Å². The fourth-order valence-corrected chi connectivity index (χ4v) is 3.30. The summed E-state index contributed by atoms with van der Waals surface area (Å²) in [5.41, 5.74) is 0.919. The predicted octanol–water partition coefficient (Wildman–Crippen LogP) is 5.90. The molecule has 26 heavy (non-hydrogen) atoms. The van der Waals surface area contributed by atoms with Gasteiger partial charge < -0.3 is 18.9 Å². The third kappa shape index (κ3) is 6.90. The van der Waals surface area contributed by atoms with Crippen molar-refractivity contribution in [3.8, 4) is 5.75 Å². The van der Waals surface area contributed by atoms with Crippen molar-refractivity contribution < 1.29 is 18.9 Å². The van der Waals surface area contributed by atoms with Crippen LogP contribution in [0.15, 0.2) is 24.3 Å². The van der Waals surface area contributed by atoms with Gasteiger partial charge in [0.2, 0.25) is 0 Å². The van der Waals surface area contributed by atoms with E-state index in [1.807, 2.05) is 32.9 Å². The lowest BCUT2D eigenvalue weighted by Crippen LogP contribution is -2.42. The molecule has 1 atom stereocenters. The first-order valence-electron chi connectivity index (χ1n) is 9.76. The molecule has 0 N–H and O–H groups in total. The van der Waals surface area contributed by atoms with E-state index in [0.29, 0.717) is 0 Å². The van der Waals surface area contributed by atoms with Gasteiger partial charge in [0, 0.05) is 21.3 Å². The van der Waals surface area contributed by atoms with Crippen molar-refractivity contribution in [2.75, 3.05) is 21.3 Å². The maximum absolute atomic E-state index is 5.93. The summed E-state index contributed by atoms with van der Waals surface area (Å²) in [4.78, 5) is 0. The second-order valence-corrected chi connectivity index (χ2v) is 7.75. The SMILES string of the molecule is CCCCCCCC(c1ccc(OC(C)(C)C)cc1)C(OC)(OC)OC. The van der Waals surface area contributed by atoms with Crippen LogP contribution in [0.2, 0.25) is 0 Å². The highest BCUT2D eigenvalue weighted by Crippen LogP contribution is 2.38. The first kappa shape index (κ1) is 22.9. The molecule has 0 aliphatic carbocycles. The standard InChI is InChI=1S/C22H38O4/c1-8-9-10-11-12-13-20(22(23-5,24-6)25-7)18-14-16-19(17-15-18)26-21(2,3)4/h14-17,20H,8-13H2,1-7H3. The third-order valence-electron chi connectivity index (χ3n) is 4.58. The lowest BCUT2D eigenvalue weighted by atomic mass is 9.90. The minimum atomic E-state index is -1.07. The number of hydrogen-bond acceptors (Lipinski definition) is 4. The zero-order valence-electron chi connectivity index (χ0n) is 17.8. The highest BCUT2D eigenvalue weighted by Gasteiger charge is 2.40. The molecule has 0 spiro atoms. The molecule has 0 amide bonds. The van der Waals surface area contributed by atoms with Gasteiger partial charge >= 0.3 is 0 Å². The summed E-state index contributed by atoms with van der Waals surface area (Å²) in [5.74, 6) is -0.217. The van der Waals surface area contributed by atoms with Crippen LogP contribution in [0, 0.1) is 0 Å². The molecule has 4 heteroatoms. The van der Waals surface area contributed by atoms with Crippen LogP contribution in [0.25, 0.3) is 0 Å². The van der Waals surface area contributed by atoms with Gasteiger partial charge in [-0.1, -0.05) is 51.2 Å². The Bertz CT molecular complexity index is 478. The Morgan fingerprint density at radius 2 is 1.35 bits per heavy atom. The van der Waals surface area contributed by atoms with Crippen molar-refractivity contribution in [2.24, 2.45) is 0 Å². The average Bonchev–Trinajstić information content (AvgIpc) is 2.61. The van der Waals surface area contributed by atoms with Crippen LogP contribution >= 0.6 is 0 Å². The molecule has 0 radical (unpaired) electrons. The molecule has 1 unspecified atom stereocenters. The van der Waals surface area contributed by atoms with Gasteiger partial charge in [0.05, 0.1) is 5.92 Å². The molecule has 0 aliphatic rings. The summed E-state index contributed by atoms with van der Waals surface area (Å²) >= 11 is 0. The summed E-state index contributed by atoms with van der Waals surface area (Å²) in [5, 5.41) is 0. The Morgan fingerprint density at radius 1 is 0.808 bits per heavy atom. The summed E-state index contributed by atoms with van der Waals surface area (Å²) in [6.07, 6.45) is 7.07. The van der Waals surface area contributed by atoms with Crippen LogP contribution < -0.4 is 4.74 Å². The number of hydrogen-bond donors (Lipinski definition) is 0. The highest BCUT2D eigenvalue weighted by atomic mass is 16.9. The Balaban J connectivity index is 2.96. The van der Waals surface area contributed by atoms with E-state index in [2.05, 4.69) is 19.1 Å². The molecule has 0 fully saturated rings. The van der Waals surface area contributed by atoms with Crippen molar-refractivity contribution >= 4 is 0 Å². The molecule has 0 heterocycles. The molecule has 0 aliphatic heterocycles. The number of unbranched alkanes of at least 4 members (excludes halogenated alkanes) is 4. The summed E-state index contributed by atoms with van der Waals surface area (Å²) < 4.78 is 22.9. The highest BCUT2D eigenvalue weighted by molar-refractivity contribution is 5.30. The minimum absolute atomic E-state index is 0.00665. The third-order valence-corrected chi connectivity index (χ3v) is 4.58. The van der Waals surface area contributed by atoms with E-state index >= 15 is 0 Å². The molecule has 150 valence electrons. The maximum atomic E-state index is 5.93. The van der Waals surface area contributed by atoms with Crippen molar-refractivity contribution in [1.29, 1.82) is 0 Å². The Kier molecular flexibility index (Phi) is 9.62. The van der Waals surface area contributed by atoms with E-state index < -0.39 is 5.97 Å². The zero-order chi connectivity index (χ0) is 19.6. The van der Waals surface area contributed by atoms with E-state index in [9.17, 15) is 0 Å². The lowest BCUT2D eigenvalue weighted by molar-refractivity contribution is -0.365. The molecular formula is C22H38O4. The fraction of sp³-hybridized carbons (Fsp3) is 0.727. The van der Waals surface area contributed by atoms with Gasteiger partial charge in [-0.15, -0.1) is 0 Å². The van der Waals surface area contributed by atoms with Crippen molar-refractivity contribution in [2.45, 2.75) is 83.7 Å². The van der Waals surface area contributed by atoms with Crippen molar-refractivity contribution in [1.82, 2.24) is 0 Å². The molecule has 0 aromatic heterocycles. The molecule has 1 rings (SSSR count). The van der Waals surface area contributed by atoms with E-state index in [0.717, 1.165) is 24.2 Å². The molecule has 1 aromatic carbocycles. The van der Waals surface area contributed by atoms with E-state index in [1.54, 1.807) is 21.3 Å². The summed E-state index contributed by atoms with van der Waals surface area (Å²) in [6, 6.07) is 8.19. The molecule has 4 nitrogen and oxygen atoms in total. The van der Waals surface area contributed by atoms with E-state index in [1.165, 1.54) is 25.7 Å². The predicted molar refractivity (Wildman–Crippen MR) is 107 cm³/mol. The summed E-state index contributed by atoms with van der Waals surface area (Å²) in [6.45, 7) is 8.37. The molecule has 0 saturated heterocycles. The second kappa shape index (κ2) is 10.9. The topological polar surface area (TPSA) is 36.9 Å². The van der Waals surface area contributed by atoms with Gasteiger partial charge in [0.1, 0.15) is 11.4 Å².